The molecular formula is C13H10ClFN2O. The van der Waals surface area contributed by atoms with Crippen LogP contribution < -0.4 is 10.5 Å². The number of benzene rings is 2. The smallest absolute Gasteiger partial charge is 0.146 e. The van der Waals surface area contributed by atoms with Gasteiger partial charge in [-0.2, -0.15) is 0 Å². The fourth-order valence-corrected chi connectivity index (χ4v) is 1.60. The van der Waals surface area contributed by atoms with Crippen molar-refractivity contribution in [2.24, 2.45) is 5.73 Å². The van der Waals surface area contributed by atoms with Gasteiger partial charge in [-0.3, -0.25) is 5.41 Å². The number of hydrogen-bond donors (Lipinski definition) is 2. The lowest BCUT2D eigenvalue weighted by Gasteiger charge is -2.08. The maximum Gasteiger partial charge on any atom is 0.146 e. The second kappa shape index (κ2) is 5.06. The van der Waals surface area contributed by atoms with E-state index in [0.29, 0.717) is 22.1 Å². The van der Waals surface area contributed by atoms with E-state index in [2.05, 4.69) is 0 Å². The molecule has 0 aliphatic carbocycles. The van der Waals surface area contributed by atoms with E-state index in [0.717, 1.165) is 0 Å². The van der Waals surface area contributed by atoms with Gasteiger partial charge in [-0.1, -0.05) is 11.6 Å². The molecule has 5 heteroatoms. The van der Waals surface area contributed by atoms with Crippen LogP contribution in [0.5, 0.6) is 11.5 Å². The molecule has 0 heterocycles. The minimum atomic E-state index is -0.333. The molecule has 2 aromatic rings. The number of rotatable bonds is 3. The van der Waals surface area contributed by atoms with E-state index in [9.17, 15) is 4.39 Å². The molecule has 2 rings (SSSR count). The van der Waals surface area contributed by atoms with Crippen molar-refractivity contribution in [3.63, 3.8) is 0 Å². The van der Waals surface area contributed by atoms with Crippen molar-refractivity contribution < 1.29 is 9.13 Å². The molecule has 0 radical (unpaired) electrons. The molecule has 3 nitrogen and oxygen atoms in total. The molecule has 0 aliphatic heterocycles. The Labute approximate surface area is 108 Å². The fourth-order valence-electron chi connectivity index (χ4n) is 1.38. The van der Waals surface area contributed by atoms with Crippen LogP contribution in [0.25, 0.3) is 0 Å². The molecule has 0 atom stereocenters. The van der Waals surface area contributed by atoms with Crippen LogP contribution in [0.2, 0.25) is 5.02 Å². The molecule has 0 spiro atoms. The first-order valence-corrected chi connectivity index (χ1v) is 5.51. The molecule has 0 amide bonds. The van der Waals surface area contributed by atoms with E-state index < -0.39 is 0 Å². The summed E-state index contributed by atoms with van der Waals surface area (Å²) in [6, 6.07) is 10.4. The highest BCUT2D eigenvalue weighted by Crippen LogP contribution is 2.30. The number of ether oxygens (including phenoxy) is 1. The summed E-state index contributed by atoms with van der Waals surface area (Å²) in [5, 5.41) is 7.62. The molecule has 0 aromatic heterocycles. The van der Waals surface area contributed by atoms with E-state index in [4.69, 9.17) is 27.5 Å². The first-order chi connectivity index (χ1) is 8.56. The lowest BCUT2D eigenvalue weighted by molar-refractivity contribution is 0.481. The van der Waals surface area contributed by atoms with E-state index in [-0.39, 0.29) is 11.7 Å². The van der Waals surface area contributed by atoms with Crippen LogP contribution in [0.4, 0.5) is 4.39 Å². The van der Waals surface area contributed by atoms with Gasteiger partial charge >= 0.3 is 0 Å². The zero-order chi connectivity index (χ0) is 13.1. The third-order valence-corrected chi connectivity index (χ3v) is 2.58. The summed E-state index contributed by atoms with van der Waals surface area (Å²) < 4.78 is 18.2. The Kier molecular flexibility index (Phi) is 3.48. The third-order valence-electron chi connectivity index (χ3n) is 2.28. The Hall–Kier alpha value is -2.07. The highest BCUT2D eigenvalue weighted by molar-refractivity contribution is 6.32. The van der Waals surface area contributed by atoms with Gasteiger partial charge in [-0.25, -0.2) is 4.39 Å². The molecule has 0 saturated carbocycles. The predicted octanol–water partition coefficient (Wildman–Crippen LogP) is 3.56. The highest BCUT2D eigenvalue weighted by Gasteiger charge is 2.06. The predicted molar refractivity (Wildman–Crippen MR) is 68.9 cm³/mol. The Bertz CT molecular complexity index is 584. The van der Waals surface area contributed by atoms with Crippen molar-refractivity contribution >= 4 is 17.4 Å². The fraction of sp³-hybridized carbons (Fsp3) is 0. The number of amidine groups is 1. The van der Waals surface area contributed by atoms with Gasteiger partial charge in [0.05, 0.1) is 5.02 Å². The minimum Gasteiger partial charge on any atom is -0.456 e. The van der Waals surface area contributed by atoms with Crippen LogP contribution in [-0.4, -0.2) is 5.84 Å². The number of nitrogen functional groups attached to an aromatic ring is 1. The zero-order valence-corrected chi connectivity index (χ0v) is 10.0. The lowest BCUT2D eigenvalue weighted by atomic mass is 10.2. The Morgan fingerprint density at radius 1 is 1.17 bits per heavy atom. The molecule has 92 valence electrons. The van der Waals surface area contributed by atoms with Crippen LogP contribution in [0.15, 0.2) is 42.5 Å². The second-order valence-corrected chi connectivity index (χ2v) is 4.02. The molecule has 0 saturated heterocycles. The summed E-state index contributed by atoms with van der Waals surface area (Å²) >= 11 is 6.00. The van der Waals surface area contributed by atoms with Crippen LogP contribution in [0.1, 0.15) is 5.56 Å². The first kappa shape index (κ1) is 12.4. The number of nitrogens with two attached hydrogens (primary N) is 1. The third kappa shape index (κ3) is 2.78. The van der Waals surface area contributed by atoms with Crippen molar-refractivity contribution in [1.82, 2.24) is 0 Å². The topological polar surface area (TPSA) is 59.1 Å². The van der Waals surface area contributed by atoms with Gasteiger partial charge in [0.2, 0.25) is 0 Å². The van der Waals surface area contributed by atoms with Gasteiger partial charge in [0, 0.05) is 5.56 Å². The molecular weight excluding hydrogens is 255 g/mol. The first-order valence-electron chi connectivity index (χ1n) is 5.13. The van der Waals surface area contributed by atoms with E-state index in [1.165, 1.54) is 24.3 Å². The monoisotopic (exact) mass is 264 g/mol. The van der Waals surface area contributed by atoms with Crippen LogP contribution in [0.3, 0.4) is 0 Å². The van der Waals surface area contributed by atoms with E-state index >= 15 is 0 Å². The SMILES string of the molecule is N=C(N)c1ccc(Oc2ccc(F)cc2)c(Cl)c1. The number of nitrogens with one attached hydrogen (secondary N) is 1. The van der Waals surface area contributed by atoms with Crippen molar-refractivity contribution in [2.75, 3.05) is 0 Å². The molecule has 18 heavy (non-hydrogen) atoms. The Balaban J connectivity index is 2.24. The summed E-state index contributed by atoms with van der Waals surface area (Å²) in [6.45, 7) is 0. The zero-order valence-electron chi connectivity index (χ0n) is 9.28. The number of halogens is 2. The summed E-state index contributed by atoms with van der Waals surface area (Å²) in [4.78, 5) is 0. The second-order valence-electron chi connectivity index (χ2n) is 3.61. The molecule has 3 N–H and O–H groups in total. The molecule has 0 aliphatic rings. The van der Waals surface area contributed by atoms with Gasteiger partial charge in [0.1, 0.15) is 23.2 Å². The summed E-state index contributed by atoms with van der Waals surface area (Å²) in [5.74, 6) is 0.507. The van der Waals surface area contributed by atoms with Gasteiger partial charge in [-0.05, 0) is 42.5 Å². The quantitative estimate of drug-likeness (QED) is 0.658. The molecule has 0 fully saturated rings. The largest absolute Gasteiger partial charge is 0.456 e. The summed E-state index contributed by atoms with van der Waals surface area (Å²) in [6.07, 6.45) is 0. The average molecular weight is 265 g/mol. The van der Waals surface area contributed by atoms with E-state index in [1.807, 2.05) is 0 Å². The van der Waals surface area contributed by atoms with Crippen molar-refractivity contribution in [1.29, 1.82) is 5.41 Å². The lowest BCUT2D eigenvalue weighted by Crippen LogP contribution is -2.10. The van der Waals surface area contributed by atoms with E-state index in [1.54, 1.807) is 18.2 Å². The Morgan fingerprint density at radius 2 is 1.83 bits per heavy atom. The average Bonchev–Trinajstić information content (AvgIpc) is 2.34. The molecule has 0 unspecified atom stereocenters. The number of hydrogen-bond acceptors (Lipinski definition) is 2. The van der Waals surface area contributed by atoms with Gasteiger partial charge < -0.3 is 10.5 Å². The van der Waals surface area contributed by atoms with Gasteiger partial charge in [-0.15, -0.1) is 0 Å². The minimum absolute atomic E-state index is 0.0646. The van der Waals surface area contributed by atoms with Crippen LogP contribution in [0, 0.1) is 11.2 Å². The van der Waals surface area contributed by atoms with Gasteiger partial charge in [0.15, 0.2) is 0 Å². The van der Waals surface area contributed by atoms with Crippen molar-refractivity contribution in [2.45, 2.75) is 0 Å². The Morgan fingerprint density at radius 3 is 2.39 bits per heavy atom. The standard InChI is InChI=1S/C13H10ClFN2O/c14-11-7-8(13(16)17)1-6-12(11)18-10-4-2-9(15)3-5-10/h1-7H,(H3,16,17). The summed E-state index contributed by atoms with van der Waals surface area (Å²) in [5.41, 5.74) is 5.86. The van der Waals surface area contributed by atoms with Crippen LogP contribution >= 0.6 is 11.6 Å². The molecule has 2 aromatic carbocycles. The van der Waals surface area contributed by atoms with Gasteiger partial charge in [0.25, 0.3) is 0 Å². The summed E-state index contributed by atoms with van der Waals surface area (Å²) in [7, 11) is 0. The maximum atomic E-state index is 12.7. The van der Waals surface area contributed by atoms with Crippen LogP contribution in [-0.2, 0) is 0 Å². The van der Waals surface area contributed by atoms with Crippen molar-refractivity contribution in [3.8, 4) is 11.5 Å². The normalized spacial score (nSPS) is 10.1. The molecule has 0 bridgehead atoms. The maximum absolute atomic E-state index is 12.7. The van der Waals surface area contributed by atoms with Crippen molar-refractivity contribution in [3.05, 3.63) is 58.9 Å². The highest BCUT2D eigenvalue weighted by atomic mass is 35.5.